The van der Waals surface area contributed by atoms with Crippen molar-refractivity contribution < 1.29 is 0 Å². The predicted molar refractivity (Wildman–Crippen MR) is 97.8 cm³/mol. The maximum atomic E-state index is 4.72. The van der Waals surface area contributed by atoms with Gasteiger partial charge in [0.15, 0.2) is 0 Å². The Bertz CT molecular complexity index is 896. The second-order valence-corrected chi connectivity index (χ2v) is 7.08. The SMILES string of the molecule is C1=CC2=NC1=CC1CCC(=CC3CCC(C=c4ccc([nH]4)=C2)N3)N1. The largest absolute Gasteiger partial charge is 0.382 e. The summed E-state index contributed by atoms with van der Waals surface area (Å²) < 4.78 is 0. The molecule has 2 saturated heterocycles. The Morgan fingerprint density at radius 3 is 2.71 bits per heavy atom. The zero-order chi connectivity index (χ0) is 15.9. The average Bonchev–Trinajstić information content (AvgIpc) is 3.32. The number of aromatic nitrogens is 1. The fraction of sp³-hybridized carbons (Fsp3) is 0.350. The van der Waals surface area contributed by atoms with Crippen molar-refractivity contribution in [1.29, 1.82) is 0 Å². The molecule has 4 aliphatic heterocycles. The van der Waals surface area contributed by atoms with Crippen LogP contribution < -0.4 is 21.3 Å². The number of nitrogens with one attached hydrogen (secondary N) is 3. The van der Waals surface area contributed by atoms with Crippen LogP contribution in [-0.4, -0.2) is 28.8 Å². The molecule has 0 spiro atoms. The van der Waals surface area contributed by atoms with Gasteiger partial charge in [0.25, 0.3) is 0 Å². The summed E-state index contributed by atoms with van der Waals surface area (Å²) in [6, 6.07) is 5.59. The summed E-state index contributed by atoms with van der Waals surface area (Å²) in [6.07, 6.45) is 17.9. The van der Waals surface area contributed by atoms with Gasteiger partial charge in [-0.2, -0.15) is 0 Å². The van der Waals surface area contributed by atoms with Gasteiger partial charge in [-0.3, -0.25) is 0 Å². The number of H-pyrrole nitrogens is 1. The molecule has 122 valence electrons. The molecule has 5 heterocycles. The fourth-order valence-corrected chi connectivity index (χ4v) is 4.02. The van der Waals surface area contributed by atoms with Gasteiger partial charge in [0.1, 0.15) is 0 Å². The number of hydrogen-bond donors (Lipinski definition) is 3. The van der Waals surface area contributed by atoms with E-state index in [0.29, 0.717) is 18.1 Å². The highest BCUT2D eigenvalue weighted by Crippen LogP contribution is 2.23. The van der Waals surface area contributed by atoms with Crippen molar-refractivity contribution in [3.63, 3.8) is 0 Å². The normalized spacial score (nSPS) is 30.8. The van der Waals surface area contributed by atoms with Crippen LogP contribution in [0.25, 0.3) is 12.2 Å². The quantitative estimate of drug-likeness (QED) is 0.674. The Balaban J connectivity index is 1.57. The molecule has 1 aromatic rings. The second-order valence-electron chi connectivity index (χ2n) is 7.08. The van der Waals surface area contributed by atoms with Crippen molar-refractivity contribution in [3.05, 3.63) is 58.5 Å². The number of rotatable bonds is 0. The van der Waals surface area contributed by atoms with E-state index in [4.69, 9.17) is 4.99 Å². The van der Waals surface area contributed by atoms with E-state index in [1.54, 1.807) is 0 Å². The molecule has 2 fully saturated rings. The van der Waals surface area contributed by atoms with E-state index < -0.39 is 0 Å². The summed E-state index contributed by atoms with van der Waals surface area (Å²) in [5.41, 5.74) is 3.45. The first-order chi connectivity index (χ1) is 11.8. The van der Waals surface area contributed by atoms with Crippen LogP contribution >= 0.6 is 0 Å². The molecule has 3 unspecified atom stereocenters. The monoisotopic (exact) mass is 318 g/mol. The molecule has 8 bridgehead atoms. The van der Waals surface area contributed by atoms with Gasteiger partial charge >= 0.3 is 0 Å². The van der Waals surface area contributed by atoms with Crippen molar-refractivity contribution in [3.8, 4) is 0 Å². The van der Waals surface area contributed by atoms with Crippen molar-refractivity contribution >= 4 is 17.9 Å². The molecule has 0 aliphatic carbocycles. The molecule has 0 saturated carbocycles. The Labute approximate surface area is 141 Å². The van der Waals surface area contributed by atoms with Crippen molar-refractivity contribution in [1.82, 2.24) is 15.6 Å². The summed E-state index contributed by atoms with van der Waals surface area (Å²) >= 11 is 0. The second kappa shape index (κ2) is 5.64. The van der Waals surface area contributed by atoms with Crippen LogP contribution in [0, 0.1) is 0 Å². The molecule has 3 atom stereocenters. The third-order valence-electron chi connectivity index (χ3n) is 5.18. The number of fused-ring (bicyclic) bond motifs is 7. The Morgan fingerprint density at radius 1 is 0.875 bits per heavy atom. The topological polar surface area (TPSA) is 52.2 Å². The van der Waals surface area contributed by atoms with Crippen LogP contribution in [0.5, 0.6) is 0 Å². The summed E-state index contributed by atoms with van der Waals surface area (Å²) in [7, 11) is 0. The molecule has 1 aromatic heterocycles. The van der Waals surface area contributed by atoms with Crippen LogP contribution in [0.2, 0.25) is 0 Å². The highest BCUT2D eigenvalue weighted by Gasteiger charge is 2.23. The number of aromatic amines is 1. The minimum Gasteiger partial charge on any atom is -0.382 e. The zero-order valence-electron chi connectivity index (χ0n) is 13.6. The lowest BCUT2D eigenvalue weighted by Gasteiger charge is -2.10. The van der Waals surface area contributed by atoms with Crippen LogP contribution in [0.1, 0.15) is 25.7 Å². The van der Waals surface area contributed by atoms with Gasteiger partial charge in [0.2, 0.25) is 0 Å². The molecular formula is C20H22N4. The molecular weight excluding hydrogens is 296 g/mol. The first kappa shape index (κ1) is 14.1. The van der Waals surface area contributed by atoms with Crippen LogP contribution in [0.3, 0.4) is 0 Å². The molecule has 5 rings (SSSR count). The Hall–Kier alpha value is -2.33. The molecule has 4 aliphatic rings. The molecule has 4 heteroatoms. The van der Waals surface area contributed by atoms with E-state index in [2.05, 4.69) is 64.2 Å². The van der Waals surface area contributed by atoms with Crippen molar-refractivity contribution in [2.75, 3.05) is 0 Å². The smallest absolute Gasteiger partial charge is 0.0658 e. The lowest BCUT2D eigenvalue weighted by Crippen LogP contribution is -2.29. The summed E-state index contributed by atoms with van der Waals surface area (Å²) in [5, 5.41) is 9.67. The van der Waals surface area contributed by atoms with Gasteiger partial charge in [0, 0.05) is 34.5 Å². The maximum absolute atomic E-state index is 4.72. The fourth-order valence-electron chi connectivity index (χ4n) is 4.02. The van der Waals surface area contributed by atoms with Gasteiger partial charge in [0.05, 0.1) is 11.4 Å². The van der Waals surface area contributed by atoms with E-state index in [-0.39, 0.29) is 0 Å². The Kier molecular flexibility index (Phi) is 3.30. The Morgan fingerprint density at radius 2 is 1.75 bits per heavy atom. The highest BCUT2D eigenvalue weighted by atomic mass is 15.0. The van der Waals surface area contributed by atoms with Gasteiger partial charge in [-0.05, 0) is 74.3 Å². The molecule has 0 aromatic carbocycles. The summed E-state index contributed by atoms with van der Waals surface area (Å²) in [5.74, 6) is 0. The van der Waals surface area contributed by atoms with Gasteiger partial charge in [-0.25, -0.2) is 4.99 Å². The van der Waals surface area contributed by atoms with E-state index in [0.717, 1.165) is 29.6 Å². The molecule has 0 radical (unpaired) electrons. The van der Waals surface area contributed by atoms with Crippen molar-refractivity contribution in [2.24, 2.45) is 4.99 Å². The van der Waals surface area contributed by atoms with Crippen LogP contribution in [0.15, 0.2) is 52.8 Å². The van der Waals surface area contributed by atoms with E-state index in [1.807, 2.05) is 0 Å². The summed E-state index contributed by atoms with van der Waals surface area (Å²) in [6.45, 7) is 0. The maximum Gasteiger partial charge on any atom is 0.0658 e. The third kappa shape index (κ3) is 2.78. The average molecular weight is 318 g/mol. The lowest BCUT2D eigenvalue weighted by molar-refractivity contribution is 0.677. The standard InChI is InChI=1S/C20H22N4/c1-2-14-10-16-5-6-18(23-16)12-20-8-7-19(24-20)11-17-4-3-15(22-17)9-13(1)21-14/h1-4,9-12,16,18-19,21,23-24H,5-8H2. The number of hydrogen-bond acceptors (Lipinski definition) is 3. The molecule has 4 nitrogen and oxygen atoms in total. The van der Waals surface area contributed by atoms with Crippen LogP contribution in [-0.2, 0) is 0 Å². The highest BCUT2D eigenvalue weighted by molar-refractivity contribution is 6.19. The third-order valence-corrected chi connectivity index (χ3v) is 5.18. The van der Waals surface area contributed by atoms with Gasteiger partial charge < -0.3 is 15.6 Å². The summed E-state index contributed by atoms with van der Waals surface area (Å²) in [4.78, 5) is 8.20. The van der Waals surface area contributed by atoms with E-state index in [1.165, 1.54) is 23.9 Å². The lowest BCUT2D eigenvalue weighted by atomic mass is 10.1. The first-order valence-corrected chi connectivity index (χ1v) is 8.91. The van der Waals surface area contributed by atoms with Gasteiger partial charge in [-0.1, -0.05) is 0 Å². The minimum atomic E-state index is 0.396. The predicted octanol–water partition coefficient (Wildman–Crippen LogP) is 1.24. The van der Waals surface area contributed by atoms with Crippen LogP contribution in [0.4, 0.5) is 0 Å². The van der Waals surface area contributed by atoms with Crippen molar-refractivity contribution in [2.45, 2.75) is 43.8 Å². The molecule has 3 N–H and O–H groups in total. The van der Waals surface area contributed by atoms with E-state index >= 15 is 0 Å². The molecule has 24 heavy (non-hydrogen) atoms. The number of aliphatic imine (C=N–C) groups is 1. The van der Waals surface area contributed by atoms with Gasteiger partial charge in [-0.15, -0.1) is 0 Å². The first-order valence-electron chi connectivity index (χ1n) is 8.91. The number of allylic oxidation sites excluding steroid dienone is 3. The zero-order valence-corrected chi connectivity index (χ0v) is 13.6. The molecule has 0 amide bonds. The van der Waals surface area contributed by atoms with E-state index in [9.17, 15) is 0 Å². The number of nitrogens with zero attached hydrogens (tertiary/aromatic N) is 1. The minimum absolute atomic E-state index is 0.396.